The van der Waals surface area contributed by atoms with Crippen molar-refractivity contribution >= 4 is 11.6 Å². The molecule has 1 aliphatic rings. The number of nitrogens with zero attached hydrogens (tertiary/aromatic N) is 1. The first-order valence-electron chi connectivity index (χ1n) is 6.68. The van der Waals surface area contributed by atoms with Gasteiger partial charge in [-0.2, -0.15) is 13.2 Å². The van der Waals surface area contributed by atoms with E-state index in [0.717, 1.165) is 5.56 Å². The monoisotopic (exact) mass is 329 g/mol. The van der Waals surface area contributed by atoms with E-state index in [2.05, 4.69) is 0 Å². The number of halogens is 5. The first kappa shape index (κ1) is 15.3. The molecule has 0 unspecified atom stereocenters. The summed E-state index contributed by atoms with van der Waals surface area (Å²) in [4.78, 5) is 1.85. The van der Waals surface area contributed by atoms with Crippen LogP contribution in [0.4, 0.5) is 17.6 Å². The van der Waals surface area contributed by atoms with Crippen LogP contribution in [0.1, 0.15) is 22.3 Å². The van der Waals surface area contributed by atoms with Gasteiger partial charge in [0.25, 0.3) is 0 Å². The van der Waals surface area contributed by atoms with Gasteiger partial charge in [-0.05, 0) is 41.0 Å². The number of hydrogen-bond acceptors (Lipinski definition) is 1. The summed E-state index contributed by atoms with van der Waals surface area (Å²) in [5.41, 5.74) is 0.650. The summed E-state index contributed by atoms with van der Waals surface area (Å²) in [5.74, 6) is -0.848. The van der Waals surface area contributed by atoms with Crippen molar-refractivity contribution in [2.24, 2.45) is 0 Å². The van der Waals surface area contributed by atoms with Crippen molar-refractivity contribution in [1.82, 2.24) is 4.90 Å². The van der Waals surface area contributed by atoms with Gasteiger partial charge in [-0.3, -0.25) is 4.90 Å². The SMILES string of the molecule is Fc1cc2c(c(C(F)(F)F)c1)CN(Cc1ccc(Cl)cc1)C2. The lowest BCUT2D eigenvalue weighted by atomic mass is 10.0. The van der Waals surface area contributed by atoms with Gasteiger partial charge in [-0.15, -0.1) is 0 Å². The summed E-state index contributed by atoms with van der Waals surface area (Å²) < 4.78 is 52.5. The van der Waals surface area contributed by atoms with Gasteiger partial charge in [-0.1, -0.05) is 23.7 Å². The lowest BCUT2D eigenvalue weighted by molar-refractivity contribution is -0.138. The molecule has 0 saturated carbocycles. The topological polar surface area (TPSA) is 3.24 Å². The predicted octanol–water partition coefficient (Wildman–Crippen LogP) is 5.01. The van der Waals surface area contributed by atoms with E-state index >= 15 is 0 Å². The quantitative estimate of drug-likeness (QED) is 0.700. The van der Waals surface area contributed by atoms with E-state index in [-0.39, 0.29) is 12.1 Å². The molecular weight excluding hydrogens is 318 g/mol. The summed E-state index contributed by atoms with van der Waals surface area (Å²) in [6, 6.07) is 8.89. The molecule has 0 aromatic heterocycles. The van der Waals surface area contributed by atoms with Crippen molar-refractivity contribution < 1.29 is 17.6 Å². The van der Waals surface area contributed by atoms with Gasteiger partial charge < -0.3 is 0 Å². The zero-order chi connectivity index (χ0) is 15.9. The van der Waals surface area contributed by atoms with Crippen molar-refractivity contribution in [3.8, 4) is 0 Å². The molecule has 0 aliphatic carbocycles. The standard InChI is InChI=1S/C16H12ClF4N/c17-12-3-1-10(2-4-12)7-22-8-11-5-13(18)6-15(14(11)9-22)16(19,20)21/h1-6H,7-9H2. The van der Waals surface area contributed by atoms with Gasteiger partial charge in [-0.25, -0.2) is 4.39 Å². The second kappa shape index (κ2) is 5.56. The maximum atomic E-state index is 13.4. The van der Waals surface area contributed by atoms with E-state index in [1.165, 1.54) is 6.07 Å². The average molecular weight is 330 g/mol. The lowest BCUT2D eigenvalue weighted by Crippen LogP contribution is -2.16. The Hall–Kier alpha value is -1.59. The molecule has 3 rings (SSSR count). The van der Waals surface area contributed by atoms with Gasteiger partial charge >= 0.3 is 6.18 Å². The van der Waals surface area contributed by atoms with Crippen LogP contribution in [0.3, 0.4) is 0 Å². The molecule has 0 saturated heterocycles. The Balaban J connectivity index is 1.84. The number of fused-ring (bicyclic) bond motifs is 1. The Morgan fingerprint density at radius 3 is 2.36 bits per heavy atom. The first-order chi connectivity index (χ1) is 10.3. The maximum Gasteiger partial charge on any atom is 0.416 e. The molecule has 2 aromatic carbocycles. The van der Waals surface area contributed by atoms with Crippen LogP contribution >= 0.6 is 11.6 Å². The van der Waals surface area contributed by atoms with Crippen LogP contribution in [0.2, 0.25) is 5.02 Å². The maximum absolute atomic E-state index is 13.4. The Morgan fingerprint density at radius 1 is 1.05 bits per heavy atom. The average Bonchev–Trinajstić information content (AvgIpc) is 2.81. The van der Waals surface area contributed by atoms with E-state index in [9.17, 15) is 17.6 Å². The molecule has 22 heavy (non-hydrogen) atoms. The Kier molecular flexibility index (Phi) is 3.87. The van der Waals surface area contributed by atoms with Crippen LogP contribution in [0.15, 0.2) is 36.4 Å². The number of rotatable bonds is 2. The van der Waals surface area contributed by atoms with E-state index in [0.29, 0.717) is 29.7 Å². The molecule has 1 aliphatic heterocycles. The molecule has 2 aromatic rings. The molecule has 0 radical (unpaired) electrons. The molecule has 0 fully saturated rings. The molecule has 116 valence electrons. The van der Waals surface area contributed by atoms with Crippen LogP contribution in [-0.2, 0) is 25.8 Å². The summed E-state index contributed by atoms with van der Waals surface area (Å²) in [6.07, 6.45) is -4.54. The lowest BCUT2D eigenvalue weighted by Gasteiger charge is -2.15. The highest BCUT2D eigenvalue weighted by molar-refractivity contribution is 6.30. The second-order valence-electron chi connectivity index (χ2n) is 5.36. The Bertz CT molecular complexity index is 695. The highest BCUT2D eigenvalue weighted by Gasteiger charge is 2.37. The summed E-state index contributed by atoms with van der Waals surface area (Å²) >= 11 is 5.81. The summed E-state index contributed by atoms with van der Waals surface area (Å²) in [6.45, 7) is 0.955. The third-order valence-corrected chi connectivity index (χ3v) is 3.96. The second-order valence-corrected chi connectivity index (χ2v) is 5.80. The largest absolute Gasteiger partial charge is 0.416 e. The van der Waals surface area contributed by atoms with Gasteiger partial charge in [0.15, 0.2) is 0 Å². The van der Waals surface area contributed by atoms with Crippen molar-refractivity contribution in [1.29, 1.82) is 0 Å². The highest BCUT2D eigenvalue weighted by atomic mass is 35.5. The molecule has 1 heterocycles. The fourth-order valence-corrected chi connectivity index (χ4v) is 2.88. The summed E-state index contributed by atoms with van der Waals surface area (Å²) in [5, 5.41) is 0.606. The van der Waals surface area contributed by atoms with Crippen molar-refractivity contribution in [3.63, 3.8) is 0 Å². The Morgan fingerprint density at radius 2 is 1.73 bits per heavy atom. The van der Waals surface area contributed by atoms with Gasteiger partial charge in [0.05, 0.1) is 5.56 Å². The van der Waals surface area contributed by atoms with Crippen LogP contribution in [0, 0.1) is 5.82 Å². The molecule has 0 amide bonds. The van der Waals surface area contributed by atoms with Crippen LogP contribution in [0.25, 0.3) is 0 Å². The smallest absolute Gasteiger partial charge is 0.291 e. The highest BCUT2D eigenvalue weighted by Crippen LogP contribution is 2.38. The zero-order valence-electron chi connectivity index (χ0n) is 11.4. The van der Waals surface area contributed by atoms with E-state index < -0.39 is 17.6 Å². The minimum absolute atomic E-state index is 0.160. The molecular formula is C16H12ClF4N. The number of hydrogen-bond donors (Lipinski definition) is 0. The molecule has 0 bridgehead atoms. The van der Waals surface area contributed by atoms with Crippen LogP contribution in [0.5, 0.6) is 0 Å². The normalized spacial score (nSPS) is 15.1. The fourth-order valence-electron chi connectivity index (χ4n) is 2.75. The molecule has 1 nitrogen and oxygen atoms in total. The van der Waals surface area contributed by atoms with Crippen molar-refractivity contribution in [2.45, 2.75) is 25.8 Å². The minimum atomic E-state index is -4.54. The number of alkyl halides is 3. The number of benzene rings is 2. The third kappa shape index (κ3) is 3.10. The van der Waals surface area contributed by atoms with E-state index in [1.807, 2.05) is 17.0 Å². The first-order valence-corrected chi connectivity index (χ1v) is 7.06. The van der Waals surface area contributed by atoms with Crippen molar-refractivity contribution in [3.05, 3.63) is 69.5 Å². The van der Waals surface area contributed by atoms with Crippen LogP contribution in [-0.4, -0.2) is 4.90 Å². The van der Waals surface area contributed by atoms with Crippen LogP contribution < -0.4 is 0 Å². The van der Waals surface area contributed by atoms with Crippen molar-refractivity contribution in [2.75, 3.05) is 0 Å². The molecule has 0 N–H and O–H groups in total. The fraction of sp³-hybridized carbons (Fsp3) is 0.250. The minimum Gasteiger partial charge on any atom is -0.291 e. The Labute approximate surface area is 130 Å². The van der Waals surface area contributed by atoms with E-state index in [4.69, 9.17) is 11.6 Å². The van der Waals surface area contributed by atoms with Gasteiger partial charge in [0, 0.05) is 24.7 Å². The molecule has 6 heteroatoms. The van der Waals surface area contributed by atoms with Gasteiger partial charge in [0.1, 0.15) is 5.82 Å². The third-order valence-electron chi connectivity index (χ3n) is 3.71. The van der Waals surface area contributed by atoms with Gasteiger partial charge in [0.2, 0.25) is 0 Å². The predicted molar refractivity (Wildman–Crippen MR) is 75.8 cm³/mol. The summed E-state index contributed by atoms with van der Waals surface area (Å²) in [7, 11) is 0. The molecule has 0 spiro atoms. The van der Waals surface area contributed by atoms with E-state index in [1.54, 1.807) is 12.1 Å². The zero-order valence-corrected chi connectivity index (χ0v) is 12.2. The molecule has 0 atom stereocenters.